The lowest BCUT2D eigenvalue weighted by Crippen LogP contribution is -2.25. The molecule has 2 aliphatic rings. The Balaban J connectivity index is 0.000000405. The Morgan fingerprint density at radius 3 is 2.67 bits per heavy atom. The molecule has 2 atom stereocenters. The van der Waals surface area contributed by atoms with E-state index in [0.29, 0.717) is 5.92 Å². The maximum atomic E-state index is 8.55. The van der Waals surface area contributed by atoms with Gasteiger partial charge in [-0.3, -0.25) is 5.32 Å². The fourth-order valence-corrected chi connectivity index (χ4v) is 1.54. The average molecular weight is 145 g/mol. The highest BCUT2D eigenvalue weighted by Crippen LogP contribution is 2.48. The summed E-state index contributed by atoms with van der Waals surface area (Å²) in [5.74, 6) is 0.701. The SMILES string of the molecule is Cl.N#C[C@]12C[C@H]1CCN2. The van der Waals surface area contributed by atoms with Crippen LogP contribution in [-0.2, 0) is 0 Å². The summed E-state index contributed by atoms with van der Waals surface area (Å²) in [7, 11) is 0. The number of nitriles is 1. The van der Waals surface area contributed by atoms with Crippen LogP contribution in [0, 0.1) is 17.2 Å². The normalized spacial score (nSPS) is 44.6. The molecule has 0 radical (unpaired) electrons. The van der Waals surface area contributed by atoms with Gasteiger partial charge in [0, 0.05) is 0 Å². The molecule has 1 aliphatic carbocycles. The Hall–Kier alpha value is -0.260. The van der Waals surface area contributed by atoms with Gasteiger partial charge in [-0.25, -0.2) is 0 Å². The van der Waals surface area contributed by atoms with Crippen molar-refractivity contribution in [3.05, 3.63) is 0 Å². The summed E-state index contributed by atoms with van der Waals surface area (Å²) < 4.78 is 0. The monoisotopic (exact) mass is 144 g/mol. The zero-order valence-electron chi connectivity index (χ0n) is 5.05. The van der Waals surface area contributed by atoms with Crippen molar-refractivity contribution in [2.24, 2.45) is 5.92 Å². The molecule has 0 aromatic rings. The van der Waals surface area contributed by atoms with E-state index in [9.17, 15) is 0 Å². The third-order valence-electron chi connectivity index (χ3n) is 2.24. The van der Waals surface area contributed by atoms with E-state index in [2.05, 4.69) is 11.4 Å². The van der Waals surface area contributed by atoms with Crippen molar-refractivity contribution in [3.8, 4) is 6.07 Å². The highest BCUT2D eigenvalue weighted by molar-refractivity contribution is 5.85. The van der Waals surface area contributed by atoms with Gasteiger partial charge in [-0.2, -0.15) is 5.26 Å². The van der Waals surface area contributed by atoms with Crippen molar-refractivity contribution >= 4 is 12.4 Å². The largest absolute Gasteiger partial charge is 0.299 e. The number of fused-ring (bicyclic) bond motifs is 1. The van der Waals surface area contributed by atoms with Gasteiger partial charge in [-0.05, 0) is 25.3 Å². The molecular formula is C6H9ClN2. The van der Waals surface area contributed by atoms with Crippen molar-refractivity contribution in [3.63, 3.8) is 0 Å². The molecule has 2 fully saturated rings. The first-order chi connectivity index (χ1) is 3.87. The van der Waals surface area contributed by atoms with E-state index >= 15 is 0 Å². The predicted octanol–water partition coefficient (Wildman–Crippen LogP) is 0.684. The van der Waals surface area contributed by atoms with E-state index in [1.165, 1.54) is 6.42 Å². The van der Waals surface area contributed by atoms with Crippen LogP contribution in [0.3, 0.4) is 0 Å². The second-order valence-electron chi connectivity index (χ2n) is 2.70. The van der Waals surface area contributed by atoms with E-state index in [4.69, 9.17) is 5.26 Å². The van der Waals surface area contributed by atoms with E-state index in [0.717, 1.165) is 13.0 Å². The maximum absolute atomic E-state index is 8.55. The second kappa shape index (κ2) is 1.86. The highest BCUT2D eigenvalue weighted by atomic mass is 35.5. The smallest absolute Gasteiger partial charge is 0.110 e. The fourth-order valence-electron chi connectivity index (χ4n) is 1.54. The summed E-state index contributed by atoms with van der Waals surface area (Å²) in [5.41, 5.74) is -0.0417. The van der Waals surface area contributed by atoms with Crippen LogP contribution >= 0.6 is 12.4 Å². The Morgan fingerprint density at radius 2 is 2.44 bits per heavy atom. The summed E-state index contributed by atoms with van der Waals surface area (Å²) in [4.78, 5) is 0. The lowest BCUT2D eigenvalue weighted by molar-refractivity contribution is 0.669. The van der Waals surface area contributed by atoms with Gasteiger partial charge in [0.1, 0.15) is 5.54 Å². The molecule has 1 aliphatic heterocycles. The van der Waals surface area contributed by atoms with Crippen LogP contribution in [0.1, 0.15) is 12.8 Å². The van der Waals surface area contributed by atoms with Crippen molar-refractivity contribution in [2.75, 3.05) is 6.54 Å². The van der Waals surface area contributed by atoms with Crippen LogP contribution in [0.25, 0.3) is 0 Å². The maximum Gasteiger partial charge on any atom is 0.110 e. The van der Waals surface area contributed by atoms with Crippen molar-refractivity contribution in [1.82, 2.24) is 5.32 Å². The third-order valence-corrected chi connectivity index (χ3v) is 2.24. The number of hydrogen-bond donors (Lipinski definition) is 1. The van der Waals surface area contributed by atoms with E-state index < -0.39 is 0 Å². The molecule has 0 aromatic carbocycles. The minimum Gasteiger partial charge on any atom is -0.299 e. The summed E-state index contributed by atoms with van der Waals surface area (Å²) in [5, 5.41) is 11.8. The standard InChI is InChI=1S/C6H8N2.ClH/c7-4-6-3-5(6)1-2-8-6;/h5,8H,1-3H2;1H/t5-,6-;/m1./s1. The summed E-state index contributed by atoms with van der Waals surface area (Å²) >= 11 is 0. The van der Waals surface area contributed by atoms with Gasteiger partial charge in [-0.15, -0.1) is 12.4 Å². The second-order valence-corrected chi connectivity index (χ2v) is 2.70. The van der Waals surface area contributed by atoms with Crippen molar-refractivity contribution in [2.45, 2.75) is 18.4 Å². The first-order valence-corrected chi connectivity index (χ1v) is 3.04. The quantitative estimate of drug-likeness (QED) is 0.543. The molecule has 9 heavy (non-hydrogen) atoms. The fraction of sp³-hybridized carbons (Fsp3) is 0.833. The van der Waals surface area contributed by atoms with E-state index in [1.54, 1.807) is 0 Å². The van der Waals surface area contributed by atoms with E-state index in [-0.39, 0.29) is 17.9 Å². The topological polar surface area (TPSA) is 35.8 Å². The van der Waals surface area contributed by atoms with Crippen LogP contribution in [0.5, 0.6) is 0 Å². The number of hydrogen-bond acceptors (Lipinski definition) is 2. The zero-order valence-corrected chi connectivity index (χ0v) is 5.87. The van der Waals surface area contributed by atoms with E-state index in [1.807, 2.05) is 0 Å². The molecular weight excluding hydrogens is 136 g/mol. The number of nitrogens with one attached hydrogen (secondary N) is 1. The van der Waals surface area contributed by atoms with Crippen LogP contribution in [0.15, 0.2) is 0 Å². The Kier molecular flexibility index (Phi) is 1.42. The summed E-state index contributed by atoms with van der Waals surface area (Å²) in [6.45, 7) is 1.05. The average Bonchev–Trinajstić information content (AvgIpc) is 2.38. The molecule has 2 nitrogen and oxygen atoms in total. The Labute approximate surface area is 60.6 Å². The zero-order chi connectivity index (χ0) is 5.61. The molecule has 50 valence electrons. The van der Waals surface area contributed by atoms with Gasteiger partial charge in [0.15, 0.2) is 0 Å². The first-order valence-electron chi connectivity index (χ1n) is 3.04. The van der Waals surface area contributed by atoms with Gasteiger partial charge >= 0.3 is 0 Å². The number of nitrogens with zero attached hydrogens (tertiary/aromatic N) is 1. The van der Waals surface area contributed by atoms with Gasteiger partial charge in [-0.1, -0.05) is 0 Å². The summed E-state index contributed by atoms with van der Waals surface area (Å²) in [6.07, 6.45) is 2.32. The molecule has 1 heterocycles. The van der Waals surface area contributed by atoms with Gasteiger partial charge < -0.3 is 0 Å². The van der Waals surface area contributed by atoms with Gasteiger partial charge in [0.2, 0.25) is 0 Å². The van der Waals surface area contributed by atoms with Gasteiger partial charge in [0.05, 0.1) is 6.07 Å². The molecule has 1 N–H and O–H groups in total. The molecule has 0 bridgehead atoms. The predicted molar refractivity (Wildman–Crippen MR) is 36.3 cm³/mol. The summed E-state index contributed by atoms with van der Waals surface area (Å²) in [6, 6.07) is 2.30. The number of piperidine rings is 1. The minimum absolute atomic E-state index is 0. The molecule has 0 amide bonds. The van der Waals surface area contributed by atoms with Crippen LogP contribution in [-0.4, -0.2) is 12.1 Å². The van der Waals surface area contributed by atoms with Gasteiger partial charge in [0.25, 0.3) is 0 Å². The number of halogens is 1. The first kappa shape index (κ1) is 6.85. The molecule has 0 spiro atoms. The third kappa shape index (κ3) is 0.726. The molecule has 0 aromatic heterocycles. The molecule has 1 saturated carbocycles. The molecule has 0 unspecified atom stereocenters. The van der Waals surface area contributed by atoms with Crippen LogP contribution in [0.4, 0.5) is 0 Å². The number of rotatable bonds is 0. The van der Waals surface area contributed by atoms with Crippen LogP contribution < -0.4 is 5.32 Å². The lowest BCUT2D eigenvalue weighted by Gasteiger charge is -1.97. The minimum atomic E-state index is -0.0417. The lowest BCUT2D eigenvalue weighted by atomic mass is 10.2. The van der Waals surface area contributed by atoms with Crippen molar-refractivity contribution < 1.29 is 0 Å². The molecule has 3 heteroatoms. The van der Waals surface area contributed by atoms with Crippen LogP contribution in [0.2, 0.25) is 0 Å². The molecule has 2 rings (SSSR count). The Morgan fingerprint density at radius 1 is 1.67 bits per heavy atom. The molecule has 1 saturated heterocycles. The van der Waals surface area contributed by atoms with Crippen molar-refractivity contribution in [1.29, 1.82) is 5.26 Å². The highest BCUT2D eigenvalue weighted by Gasteiger charge is 2.57. The Bertz CT molecular complexity index is 163.